The largest absolute Gasteiger partial charge is 0.337 e. The normalized spacial score (nSPS) is 10.4. The SMILES string of the molecule is O=C(NNC(=O)c1n[nH]c(=O)c2ccccc12)Nc1cccc(C(=O)c2ccccc2)c1. The lowest BCUT2D eigenvalue weighted by atomic mass is 10.0. The zero-order valence-electron chi connectivity index (χ0n) is 16.6. The zero-order chi connectivity index (χ0) is 22.5. The first-order chi connectivity index (χ1) is 15.5. The molecule has 0 aliphatic carbocycles. The molecule has 3 amide bonds. The van der Waals surface area contributed by atoms with Crippen LogP contribution in [0.3, 0.4) is 0 Å². The summed E-state index contributed by atoms with van der Waals surface area (Å²) in [7, 11) is 0. The first kappa shape index (κ1) is 20.5. The highest BCUT2D eigenvalue weighted by Crippen LogP contribution is 2.15. The van der Waals surface area contributed by atoms with Crippen LogP contribution in [0.5, 0.6) is 0 Å². The highest BCUT2D eigenvalue weighted by atomic mass is 16.2. The standard InChI is InChI=1S/C23H17N5O4/c29-20(14-7-2-1-3-8-14)15-9-6-10-16(13-15)24-23(32)28-27-22(31)19-17-11-4-5-12-18(17)21(30)26-25-19/h1-13H,(H,26,30)(H,27,31)(H2,24,28,32). The third kappa shape index (κ3) is 4.36. The van der Waals surface area contributed by atoms with Gasteiger partial charge in [-0.1, -0.05) is 60.7 Å². The number of nitrogens with one attached hydrogen (secondary N) is 4. The topological polar surface area (TPSA) is 133 Å². The van der Waals surface area contributed by atoms with Crippen LogP contribution in [0.1, 0.15) is 26.4 Å². The fourth-order valence-corrected chi connectivity index (χ4v) is 3.12. The van der Waals surface area contributed by atoms with E-state index < -0.39 is 17.5 Å². The number of urea groups is 1. The van der Waals surface area contributed by atoms with Gasteiger partial charge in [0.15, 0.2) is 11.5 Å². The van der Waals surface area contributed by atoms with Crippen LogP contribution in [0.15, 0.2) is 83.7 Å². The Labute approximate surface area is 181 Å². The molecule has 0 saturated heterocycles. The van der Waals surface area contributed by atoms with Crippen molar-refractivity contribution in [2.45, 2.75) is 0 Å². The fraction of sp³-hybridized carbons (Fsp3) is 0. The molecule has 4 N–H and O–H groups in total. The summed E-state index contributed by atoms with van der Waals surface area (Å²) < 4.78 is 0. The Morgan fingerprint density at radius 3 is 2.22 bits per heavy atom. The molecule has 0 radical (unpaired) electrons. The molecule has 0 atom stereocenters. The number of aromatic amines is 1. The molecule has 0 spiro atoms. The van der Waals surface area contributed by atoms with Crippen LogP contribution in [0, 0.1) is 0 Å². The monoisotopic (exact) mass is 427 g/mol. The number of carbonyl (C=O) groups excluding carboxylic acids is 3. The average molecular weight is 427 g/mol. The molecule has 0 fully saturated rings. The van der Waals surface area contributed by atoms with Gasteiger partial charge in [0, 0.05) is 22.2 Å². The van der Waals surface area contributed by atoms with Crippen LogP contribution in [0.4, 0.5) is 10.5 Å². The molecule has 9 heteroatoms. The molecule has 32 heavy (non-hydrogen) atoms. The number of hydrogen-bond donors (Lipinski definition) is 4. The number of amides is 3. The Balaban J connectivity index is 1.42. The Morgan fingerprint density at radius 2 is 1.44 bits per heavy atom. The van der Waals surface area contributed by atoms with E-state index in [1.54, 1.807) is 66.7 Å². The molecule has 3 aromatic carbocycles. The molecule has 0 saturated carbocycles. The molecule has 1 heterocycles. The van der Waals surface area contributed by atoms with E-state index in [2.05, 4.69) is 26.4 Å². The van der Waals surface area contributed by atoms with Gasteiger partial charge < -0.3 is 5.32 Å². The van der Waals surface area contributed by atoms with E-state index in [0.717, 1.165) is 0 Å². The van der Waals surface area contributed by atoms with Crippen molar-refractivity contribution < 1.29 is 14.4 Å². The van der Waals surface area contributed by atoms with E-state index >= 15 is 0 Å². The van der Waals surface area contributed by atoms with E-state index in [1.165, 1.54) is 6.07 Å². The van der Waals surface area contributed by atoms with Gasteiger partial charge in [-0.3, -0.25) is 19.8 Å². The van der Waals surface area contributed by atoms with Gasteiger partial charge in [0.05, 0.1) is 5.39 Å². The molecular formula is C23H17N5O4. The van der Waals surface area contributed by atoms with Crippen molar-refractivity contribution in [1.29, 1.82) is 0 Å². The number of nitrogens with zero attached hydrogens (tertiary/aromatic N) is 1. The number of carbonyl (C=O) groups is 3. The number of benzene rings is 3. The molecule has 4 rings (SSSR count). The van der Waals surface area contributed by atoms with Gasteiger partial charge in [-0.25, -0.2) is 15.3 Å². The average Bonchev–Trinajstić information content (AvgIpc) is 2.83. The number of rotatable bonds is 4. The Hall–Kier alpha value is -4.79. The molecule has 158 valence electrons. The van der Waals surface area contributed by atoms with Crippen LogP contribution in [0.25, 0.3) is 10.8 Å². The van der Waals surface area contributed by atoms with Crippen molar-refractivity contribution in [2.75, 3.05) is 5.32 Å². The lowest BCUT2D eigenvalue weighted by Gasteiger charge is -2.10. The van der Waals surface area contributed by atoms with Crippen LogP contribution in [-0.4, -0.2) is 27.9 Å². The number of ketones is 1. The molecule has 0 aliphatic heterocycles. The van der Waals surface area contributed by atoms with Gasteiger partial charge >= 0.3 is 6.03 Å². The number of anilines is 1. The summed E-state index contributed by atoms with van der Waals surface area (Å²) in [6.07, 6.45) is 0. The van der Waals surface area contributed by atoms with Gasteiger partial charge in [0.2, 0.25) is 0 Å². The second-order valence-electron chi connectivity index (χ2n) is 6.76. The summed E-state index contributed by atoms with van der Waals surface area (Å²) in [5.41, 5.74) is 5.30. The first-order valence-electron chi connectivity index (χ1n) is 9.57. The van der Waals surface area contributed by atoms with E-state index in [9.17, 15) is 19.2 Å². The molecule has 9 nitrogen and oxygen atoms in total. The molecule has 0 unspecified atom stereocenters. The van der Waals surface area contributed by atoms with Crippen molar-refractivity contribution in [3.8, 4) is 0 Å². The predicted molar refractivity (Wildman–Crippen MR) is 118 cm³/mol. The maximum Gasteiger partial charge on any atom is 0.337 e. The molecule has 1 aromatic heterocycles. The van der Waals surface area contributed by atoms with Gasteiger partial charge in [-0.2, -0.15) is 5.10 Å². The second kappa shape index (κ2) is 8.92. The van der Waals surface area contributed by atoms with Crippen molar-refractivity contribution in [2.24, 2.45) is 0 Å². The summed E-state index contributed by atoms with van der Waals surface area (Å²) >= 11 is 0. The lowest BCUT2D eigenvalue weighted by molar-refractivity contribution is 0.0933. The van der Waals surface area contributed by atoms with Crippen LogP contribution < -0.4 is 21.7 Å². The number of H-pyrrole nitrogens is 1. The quantitative estimate of drug-likeness (QED) is 0.294. The number of aromatic nitrogens is 2. The summed E-state index contributed by atoms with van der Waals surface area (Å²) in [6, 6.07) is 21.0. The number of hydrogen-bond acceptors (Lipinski definition) is 5. The first-order valence-corrected chi connectivity index (χ1v) is 9.57. The minimum absolute atomic E-state index is 0.0454. The highest BCUT2D eigenvalue weighted by Gasteiger charge is 2.15. The third-order valence-electron chi connectivity index (χ3n) is 4.62. The fourth-order valence-electron chi connectivity index (χ4n) is 3.12. The maximum atomic E-state index is 12.6. The van der Waals surface area contributed by atoms with Gasteiger partial charge in [-0.05, 0) is 18.2 Å². The number of fused-ring (bicyclic) bond motifs is 1. The van der Waals surface area contributed by atoms with Crippen LogP contribution in [0.2, 0.25) is 0 Å². The predicted octanol–water partition coefficient (Wildman–Crippen LogP) is 2.62. The van der Waals surface area contributed by atoms with Gasteiger partial charge in [0.25, 0.3) is 11.5 Å². The van der Waals surface area contributed by atoms with Gasteiger partial charge in [-0.15, -0.1) is 0 Å². The maximum absolute atomic E-state index is 12.6. The molecular weight excluding hydrogens is 410 g/mol. The summed E-state index contributed by atoms with van der Waals surface area (Å²) in [5, 5.41) is 9.22. The summed E-state index contributed by atoms with van der Waals surface area (Å²) in [6.45, 7) is 0. The molecule has 0 bridgehead atoms. The van der Waals surface area contributed by atoms with Crippen molar-refractivity contribution in [1.82, 2.24) is 21.0 Å². The van der Waals surface area contributed by atoms with Crippen molar-refractivity contribution >= 4 is 34.2 Å². The third-order valence-corrected chi connectivity index (χ3v) is 4.62. The summed E-state index contributed by atoms with van der Waals surface area (Å²) in [5.74, 6) is -0.889. The van der Waals surface area contributed by atoms with Gasteiger partial charge in [0.1, 0.15) is 0 Å². The van der Waals surface area contributed by atoms with Crippen molar-refractivity contribution in [3.05, 3.63) is 106 Å². The van der Waals surface area contributed by atoms with E-state index in [4.69, 9.17) is 0 Å². The lowest BCUT2D eigenvalue weighted by Crippen LogP contribution is -2.44. The minimum atomic E-state index is -0.726. The van der Waals surface area contributed by atoms with E-state index in [0.29, 0.717) is 27.6 Å². The van der Waals surface area contributed by atoms with E-state index in [1.807, 2.05) is 6.07 Å². The Morgan fingerprint density at radius 1 is 0.750 bits per heavy atom. The minimum Gasteiger partial charge on any atom is -0.307 e. The molecule has 0 aliphatic rings. The van der Waals surface area contributed by atoms with Crippen LogP contribution in [-0.2, 0) is 0 Å². The highest BCUT2D eigenvalue weighted by molar-refractivity contribution is 6.10. The number of hydrazine groups is 1. The summed E-state index contributed by atoms with van der Waals surface area (Å²) in [4.78, 5) is 49.1. The van der Waals surface area contributed by atoms with Crippen LogP contribution >= 0.6 is 0 Å². The smallest absolute Gasteiger partial charge is 0.307 e. The Bertz CT molecular complexity index is 1380. The second-order valence-corrected chi connectivity index (χ2v) is 6.76. The van der Waals surface area contributed by atoms with Crippen molar-refractivity contribution in [3.63, 3.8) is 0 Å². The Kier molecular flexibility index (Phi) is 5.71. The van der Waals surface area contributed by atoms with E-state index in [-0.39, 0.29) is 11.5 Å². The zero-order valence-corrected chi connectivity index (χ0v) is 16.6. The molecule has 4 aromatic rings.